The van der Waals surface area contributed by atoms with E-state index in [1.807, 2.05) is 0 Å². The lowest BCUT2D eigenvalue weighted by Gasteiger charge is -2.23. The molecule has 3 N–H and O–H groups in total. The zero-order valence-corrected chi connectivity index (χ0v) is 10.4. The number of carbonyl (C=O) groups is 1. The number of benzene rings is 1. The first-order valence-corrected chi connectivity index (χ1v) is 6.54. The molecule has 1 heterocycles. The summed E-state index contributed by atoms with van der Waals surface area (Å²) in [5.41, 5.74) is 5.24. The number of nitrogens with two attached hydrogens (primary N) is 1. The fourth-order valence-electron chi connectivity index (χ4n) is 1.55. The minimum Gasteiger partial charge on any atom is -0.410 e. The Hall–Kier alpha value is -2.42. The minimum atomic E-state index is -4.21. The summed E-state index contributed by atoms with van der Waals surface area (Å²) in [7, 11) is -4.21. The summed E-state index contributed by atoms with van der Waals surface area (Å²) < 4.78 is 27.2. The third-order valence-corrected chi connectivity index (χ3v) is 3.71. The van der Waals surface area contributed by atoms with Crippen molar-refractivity contribution in [1.29, 1.82) is 0 Å². The summed E-state index contributed by atoms with van der Waals surface area (Å²) in [6.45, 7) is -0.211. The van der Waals surface area contributed by atoms with Crippen LogP contribution in [0.1, 0.15) is 5.56 Å². The number of oxime groups is 1. The molecule has 1 aromatic carbocycles. The second-order valence-corrected chi connectivity index (χ2v) is 5.22. The Morgan fingerprint density at radius 2 is 1.95 bits per heavy atom. The van der Waals surface area contributed by atoms with Crippen LogP contribution in [0, 0.1) is 0 Å². The summed E-state index contributed by atoms with van der Waals surface area (Å²) in [5, 5.41) is 11.3. The molecule has 0 bridgehead atoms. The Kier molecular flexibility index (Phi) is 3.21. The van der Waals surface area contributed by atoms with Crippen molar-refractivity contribution < 1.29 is 18.4 Å². The van der Waals surface area contributed by atoms with Crippen LogP contribution < -0.4 is 5.73 Å². The van der Waals surface area contributed by atoms with Crippen LogP contribution in [0.15, 0.2) is 39.9 Å². The van der Waals surface area contributed by atoms with Crippen molar-refractivity contribution in [3.05, 3.63) is 35.9 Å². The smallest absolute Gasteiger partial charge is 0.349 e. The Morgan fingerprint density at radius 3 is 2.53 bits per heavy atom. The maximum absolute atomic E-state index is 11.9. The van der Waals surface area contributed by atoms with Gasteiger partial charge < -0.3 is 10.9 Å². The fourth-order valence-corrected chi connectivity index (χ4v) is 2.59. The zero-order chi connectivity index (χ0) is 14.0. The van der Waals surface area contributed by atoms with E-state index in [4.69, 9.17) is 10.9 Å². The normalized spacial score (nSPS) is 20.4. The van der Waals surface area contributed by atoms with Gasteiger partial charge >= 0.3 is 10.2 Å². The lowest BCUT2D eigenvalue weighted by molar-refractivity contribution is -0.120. The molecule has 2 rings (SSSR count). The molecule has 1 aliphatic heterocycles. The zero-order valence-electron chi connectivity index (χ0n) is 9.59. The Balaban J connectivity index is 2.42. The largest absolute Gasteiger partial charge is 0.410 e. The SMILES string of the molecule is NC1=NS(=O)(=O)N(Cc2ccccc2)C(=O)/C1=N/O. The Labute approximate surface area is 109 Å². The highest BCUT2D eigenvalue weighted by Gasteiger charge is 2.38. The van der Waals surface area contributed by atoms with Crippen LogP contribution in [-0.4, -0.2) is 35.4 Å². The molecule has 0 spiro atoms. The van der Waals surface area contributed by atoms with Crippen molar-refractivity contribution in [1.82, 2.24) is 4.31 Å². The van der Waals surface area contributed by atoms with Gasteiger partial charge in [-0.3, -0.25) is 4.79 Å². The molecule has 100 valence electrons. The molecule has 0 aromatic heterocycles. The maximum atomic E-state index is 11.9. The van der Waals surface area contributed by atoms with Gasteiger partial charge in [0.05, 0.1) is 6.54 Å². The van der Waals surface area contributed by atoms with Crippen LogP contribution >= 0.6 is 0 Å². The monoisotopic (exact) mass is 282 g/mol. The van der Waals surface area contributed by atoms with E-state index in [1.165, 1.54) is 0 Å². The van der Waals surface area contributed by atoms with Crippen molar-refractivity contribution in [2.45, 2.75) is 6.54 Å². The molecule has 0 atom stereocenters. The van der Waals surface area contributed by atoms with E-state index in [1.54, 1.807) is 30.3 Å². The van der Waals surface area contributed by atoms with Crippen LogP contribution in [0.2, 0.25) is 0 Å². The predicted molar refractivity (Wildman–Crippen MR) is 66.8 cm³/mol. The molecule has 0 saturated carbocycles. The standard InChI is InChI=1S/C10H10N4O4S/c11-9-8(12-16)10(15)14(19(17,18)13-9)6-7-4-2-1-3-5-7/h1-5,16H,6H2,(H2,11,13)/b12-8+. The lowest BCUT2D eigenvalue weighted by atomic mass is 10.2. The second kappa shape index (κ2) is 4.69. The first-order valence-electron chi connectivity index (χ1n) is 5.14. The van der Waals surface area contributed by atoms with Crippen LogP contribution in [0.4, 0.5) is 0 Å². The maximum Gasteiger partial charge on any atom is 0.349 e. The number of nitrogens with zero attached hydrogens (tertiary/aromatic N) is 3. The number of hydrogen-bond acceptors (Lipinski definition) is 6. The molecule has 9 heteroatoms. The molecule has 1 amide bonds. The molecule has 8 nitrogen and oxygen atoms in total. The molecule has 1 aromatic rings. The molecule has 19 heavy (non-hydrogen) atoms. The van der Waals surface area contributed by atoms with Crippen molar-refractivity contribution in [3.63, 3.8) is 0 Å². The molecular weight excluding hydrogens is 272 g/mol. The van der Waals surface area contributed by atoms with Gasteiger partial charge in [0.2, 0.25) is 5.71 Å². The first-order chi connectivity index (χ1) is 8.95. The molecule has 0 saturated heterocycles. The van der Waals surface area contributed by atoms with Gasteiger partial charge in [0, 0.05) is 0 Å². The summed E-state index contributed by atoms with van der Waals surface area (Å²) in [5.74, 6) is -1.64. The van der Waals surface area contributed by atoms with Crippen LogP contribution in [0.5, 0.6) is 0 Å². The van der Waals surface area contributed by atoms with E-state index >= 15 is 0 Å². The molecule has 0 radical (unpaired) electrons. The van der Waals surface area contributed by atoms with E-state index in [-0.39, 0.29) is 6.54 Å². The van der Waals surface area contributed by atoms with Gasteiger partial charge in [-0.1, -0.05) is 35.5 Å². The van der Waals surface area contributed by atoms with Crippen molar-refractivity contribution in [2.24, 2.45) is 15.3 Å². The van der Waals surface area contributed by atoms with Gasteiger partial charge in [-0.25, -0.2) is 4.31 Å². The molecule has 0 unspecified atom stereocenters. The predicted octanol–water partition coefficient (Wildman–Crippen LogP) is -0.539. The molecule has 0 aliphatic carbocycles. The van der Waals surface area contributed by atoms with Crippen LogP contribution in [0.3, 0.4) is 0 Å². The van der Waals surface area contributed by atoms with E-state index in [9.17, 15) is 13.2 Å². The Morgan fingerprint density at radius 1 is 1.32 bits per heavy atom. The number of amides is 1. The van der Waals surface area contributed by atoms with E-state index in [0.29, 0.717) is 9.87 Å². The number of amidine groups is 1. The highest BCUT2D eigenvalue weighted by atomic mass is 32.2. The Bertz CT molecular complexity index is 666. The number of hydrogen-bond donors (Lipinski definition) is 2. The number of rotatable bonds is 2. The van der Waals surface area contributed by atoms with Gasteiger partial charge in [-0.05, 0) is 5.56 Å². The molecule has 1 aliphatic rings. The number of carbonyl (C=O) groups excluding carboxylic acids is 1. The van der Waals surface area contributed by atoms with E-state index in [0.717, 1.165) is 0 Å². The van der Waals surface area contributed by atoms with Gasteiger partial charge in [0.15, 0.2) is 5.84 Å². The van der Waals surface area contributed by atoms with E-state index < -0.39 is 27.7 Å². The van der Waals surface area contributed by atoms with Gasteiger partial charge in [0.25, 0.3) is 5.91 Å². The van der Waals surface area contributed by atoms with Gasteiger partial charge in [-0.2, -0.15) is 8.42 Å². The quantitative estimate of drug-likeness (QED) is 0.556. The average molecular weight is 282 g/mol. The average Bonchev–Trinajstić information content (AvgIpc) is 2.35. The summed E-state index contributed by atoms with van der Waals surface area (Å²) in [6.07, 6.45) is 0. The van der Waals surface area contributed by atoms with Gasteiger partial charge in [0.1, 0.15) is 0 Å². The summed E-state index contributed by atoms with van der Waals surface area (Å²) in [4.78, 5) is 11.9. The fraction of sp³-hybridized carbons (Fsp3) is 0.100. The summed E-state index contributed by atoms with van der Waals surface area (Å²) >= 11 is 0. The molecular formula is C10H10N4O4S. The highest BCUT2D eigenvalue weighted by Crippen LogP contribution is 2.15. The van der Waals surface area contributed by atoms with Crippen LogP contribution in [-0.2, 0) is 21.5 Å². The van der Waals surface area contributed by atoms with Crippen molar-refractivity contribution in [2.75, 3.05) is 0 Å². The summed E-state index contributed by atoms with van der Waals surface area (Å²) in [6, 6.07) is 8.47. The van der Waals surface area contributed by atoms with Crippen molar-refractivity contribution in [3.8, 4) is 0 Å². The first kappa shape index (κ1) is 13.0. The van der Waals surface area contributed by atoms with E-state index in [2.05, 4.69) is 9.55 Å². The second-order valence-electron chi connectivity index (χ2n) is 3.70. The highest BCUT2D eigenvalue weighted by molar-refractivity contribution is 7.88. The minimum absolute atomic E-state index is 0.211. The molecule has 0 fully saturated rings. The van der Waals surface area contributed by atoms with Gasteiger partial charge in [-0.15, -0.1) is 4.40 Å². The third-order valence-electron chi connectivity index (χ3n) is 2.43. The topological polar surface area (TPSA) is 125 Å². The third kappa shape index (κ3) is 2.40. The van der Waals surface area contributed by atoms with Crippen molar-refractivity contribution >= 4 is 27.7 Å². The van der Waals surface area contributed by atoms with Crippen LogP contribution in [0.25, 0.3) is 0 Å². The lowest BCUT2D eigenvalue weighted by Crippen LogP contribution is -2.49.